The van der Waals surface area contributed by atoms with Gasteiger partial charge >= 0.3 is 0 Å². The van der Waals surface area contributed by atoms with Crippen molar-refractivity contribution >= 4 is 23.1 Å². The normalized spacial score (nSPS) is 17.4. The van der Waals surface area contributed by atoms with Gasteiger partial charge in [0.2, 0.25) is 10.7 Å². The molecule has 9 heteroatoms. The highest BCUT2D eigenvalue weighted by atomic mass is 32.1. The van der Waals surface area contributed by atoms with Crippen LogP contribution in [0.5, 0.6) is 0 Å². The lowest BCUT2D eigenvalue weighted by Gasteiger charge is -2.25. The maximum Gasteiger partial charge on any atom is 0.257 e. The fourth-order valence-corrected chi connectivity index (χ4v) is 2.35. The van der Waals surface area contributed by atoms with Gasteiger partial charge in [0, 0.05) is 20.1 Å². The lowest BCUT2D eigenvalue weighted by molar-refractivity contribution is 0.122. The van der Waals surface area contributed by atoms with Gasteiger partial charge < -0.3 is 15.1 Å². The Morgan fingerprint density at radius 1 is 1.44 bits per heavy atom. The Kier molecular flexibility index (Phi) is 3.07. The predicted octanol–water partition coefficient (Wildman–Crippen LogP) is -0.943. The fraction of sp³-hybridized carbons (Fsp3) is 0.556. The van der Waals surface area contributed by atoms with Crippen LogP contribution < -0.4 is 15.1 Å². The predicted molar refractivity (Wildman–Crippen MR) is 66.3 cm³/mol. The molecule has 0 atom stereocenters. The zero-order valence-corrected chi connectivity index (χ0v) is 10.7. The molecular weight excluding hydrogens is 254 g/mol. The molecule has 0 aliphatic carbocycles. The van der Waals surface area contributed by atoms with E-state index in [1.807, 2.05) is 0 Å². The number of ether oxygens (including phenoxy) is 1. The van der Waals surface area contributed by atoms with E-state index in [9.17, 15) is 0 Å². The zero-order valence-electron chi connectivity index (χ0n) is 9.91. The first-order valence-corrected chi connectivity index (χ1v) is 6.50. The first-order chi connectivity index (χ1) is 8.88. The van der Waals surface area contributed by atoms with E-state index in [1.165, 1.54) is 11.3 Å². The molecule has 0 aromatic carbocycles. The fourth-order valence-electron chi connectivity index (χ4n) is 1.74. The van der Waals surface area contributed by atoms with Crippen LogP contribution in [0.1, 0.15) is 0 Å². The second kappa shape index (κ2) is 4.86. The van der Waals surface area contributed by atoms with Crippen molar-refractivity contribution < 1.29 is 4.74 Å². The quantitative estimate of drug-likeness (QED) is 0.707. The first kappa shape index (κ1) is 11.4. The van der Waals surface area contributed by atoms with E-state index in [0.29, 0.717) is 24.9 Å². The molecular formula is C9H13N7OS. The van der Waals surface area contributed by atoms with Gasteiger partial charge in [-0.25, -0.2) is 4.98 Å². The second-order valence-electron chi connectivity index (χ2n) is 3.69. The van der Waals surface area contributed by atoms with E-state index in [4.69, 9.17) is 4.74 Å². The van der Waals surface area contributed by atoms with Gasteiger partial charge in [-0.3, -0.25) is 0 Å². The van der Waals surface area contributed by atoms with E-state index in [1.54, 1.807) is 17.1 Å². The van der Waals surface area contributed by atoms with Gasteiger partial charge in [-0.15, -0.1) is 10.2 Å². The molecule has 1 aliphatic heterocycles. The average molecular weight is 267 g/mol. The number of aromatic nitrogens is 4. The largest absolute Gasteiger partial charge is 0.378 e. The Balaban J connectivity index is 2.05. The van der Waals surface area contributed by atoms with Gasteiger partial charge in [0.1, 0.15) is 0 Å². The maximum absolute atomic E-state index is 5.31. The molecule has 3 heterocycles. The van der Waals surface area contributed by atoms with Gasteiger partial charge in [0.25, 0.3) is 5.78 Å². The molecule has 0 saturated carbocycles. The maximum atomic E-state index is 5.31. The van der Waals surface area contributed by atoms with E-state index < -0.39 is 0 Å². The molecule has 0 spiro atoms. The summed E-state index contributed by atoms with van der Waals surface area (Å²) < 4.78 is 6.96. The number of fused-ring (bicyclic) bond motifs is 1. The Labute approximate surface area is 107 Å². The molecule has 3 rings (SSSR count). The standard InChI is InChI=1S/C9H13N7OS/c1-10-13-9-16-7(11-6-18-9)12-8(14-16)15-2-4-17-5-3-15/h6,10H,2-5H2,1H3/b13-9+. The molecule has 1 saturated heterocycles. The topological polar surface area (TPSA) is 79.9 Å². The van der Waals surface area contributed by atoms with Crippen molar-refractivity contribution in [1.82, 2.24) is 25.0 Å². The third-order valence-corrected chi connectivity index (χ3v) is 3.27. The molecule has 8 nitrogen and oxygen atoms in total. The Hall–Kier alpha value is -1.74. The third kappa shape index (κ3) is 2.02. The van der Waals surface area contributed by atoms with Crippen LogP contribution in [0, 0.1) is 0 Å². The van der Waals surface area contributed by atoms with Crippen molar-refractivity contribution in [3.05, 3.63) is 10.3 Å². The van der Waals surface area contributed by atoms with Gasteiger partial charge in [0.05, 0.1) is 18.7 Å². The van der Waals surface area contributed by atoms with Gasteiger partial charge in [-0.2, -0.15) is 9.50 Å². The summed E-state index contributed by atoms with van der Waals surface area (Å²) in [5, 5.41) is 8.58. The summed E-state index contributed by atoms with van der Waals surface area (Å²) in [6.45, 7) is 3.02. The minimum Gasteiger partial charge on any atom is -0.378 e. The number of nitrogens with zero attached hydrogens (tertiary/aromatic N) is 6. The van der Waals surface area contributed by atoms with Crippen LogP contribution in [0.4, 0.5) is 5.95 Å². The summed E-state index contributed by atoms with van der Waals surface area (Å²) >= 11 is 1.40. The second-order valence-corrected chi connectivity index (χ2v) is 4.51. The minimum absolute atomic E-state index is 0.559. The molecule has 2 aromatic heterocycles. The lowest BCUT2D eigenvalue weighted by Crippen LogP contribution is -2.37. The summed E-state index contributed by atoms with van der Waals surface area (Å²) in [5.74, 6) is 1.24. The van der Waals surface area contributed by atoms with Crippen LogP contribution in [0.3, 0.4) is 0 Å². The molecule has 96 valence electrons. The molecule has 18 heavy (non-hydrogen) atoms. The number of hydrogen-bond donors (Lipinski definition) is 1. The number of rotatable bonds is 2. The van der Waals surface area contributed by atoms with Crippen LogP contribution >= 0.6 is 11.3 Å². The van der Waals surface area contributed by atoms with Crippen molar-refractivity contribution in [2.24, 2.45) is 5.10 Å². The monoisotopic (exact) mass is 267 g/mol. The van der Waals surface area contributed by atoms with Crippen molar-refractivity contribution in [2.75, 3.05) is 38.3 Å². The summed E-state index contributed by atoms with van der Waals surface area (Å²) in [6, 6.07) is 0. The number of morpholine rings is 1. The van der Waals surface area contributed by atoms with Crippen LogP contribution in [-0.4, -0.2) is 52.9 Å². The molecule has 1 N–H and O–H groups in total. The van der Waals surface area contributed by atoms with Gasteiger partial charge in [0.15, 0.2) is 0 Å². The molecule has 0 unspecified atom stereocenters. The number of hydrogen-bond acceptors (Lipinski definition) is 8. The minimum atomic E-state index is 0.559. The molecule has 1 aliphatic rings. The SMILES string of the molecule is CN/N=c1/scnc2nc(N3CCOCC3)nn12. The van der Waals surface area contributed by atoms with Crippen LogP contribution in [-0.2, 0) is 4.74 Å². The Morgan fingerprint density at radius 3 is 3.06 bits per heavy atom. The summed E-state index contributed by atoms with van der Waals surface area (Å²) in [6.07, 6.45) is 0. The molecule has 0 bridgehead atoms. The van der Waals surface area contributed by atoms with Gasteiger partial charge in [-0.1, -0.05) is 11.3 Å². The van der Waals surface area contributed by atoms with Crippen molar-refractivity contribution in [1.29, 1.82) is 0 Å². The summed E-state index contributed by atoms with van der Waals surface area (Å²) in [7, 11) is 1.75. The van der Waals surface area contributed by atoms with E-state index >= 15 is 0 Å². The van der Waals surface area contributed by atoms with Crippen LogP contribution in [0.15, 0.2) is 10.6 Å². The summed E-state index contributed by atoms with van der Waals surface area (Å²) in [5.41, 5.74) is 4.46. The lowest BCUT2D eigenvalue weighted by atomic mass is 10.4. The molecule has 0 radical (unpaired) electrons. The average Bonchev–Trinajstić information content (AvgIpc) is 2.85. The highest BCUT2D eigenvalue weighted by molar-refractivity contribution is 7.06. The molecule has 0 amide bonds. The number of nitrogens with one attached hydrogen (secondary N) is 1. The van der Waals surface area contributed by atoms with Gasteiger partial charge in [-0.05, 0) is 0 Å². The summed E-state index contributed by atoms with van der Waals surface area (Å²) in [4.78, 5) is 11.4. The van der Waals surface area contributed by atoms with Crippen molar-refractivity contribution in [2.45, 2.75) is 0 Å². The zero-order chi connectivity index (χ0) is 12.4. The van der Waals surface area contributed by atoms with Crippen LogP contribution in [0.25, 0.3) is 5.78 Å². The Bertz CT molecular complexity index is 600. The van der Waals surface area contributed by atoms with Crippen LogP contribution in [0.2, 0.25) is 0 Å². The highest BCUT2D eigenvalue weighted by Crippen LogP contribution is 2.10. The molecule has 2 aromatic rings. The van der Waals surface area contributed by atoms with E-state index in [-0.39, 0.29) is 0 Å². The van der Waals surface area contributed by atoms with Crippen molar-refractivity contribution in [3.63, 3.8) is 0 Å². The van der Waals surface area contributed by atoms with E-state index in [2.05, 4.69) is 30.5 Å². The highest BCUT2D eigenvalue weighted by Gasteiger charge is 2.16. The smallest absolute Gasteiger partial charge is 0.257 e. The Morgan fingerprint density at radius 2 is 2.28 bits per heavy atom. The first-order valence-electron chi connectivity index (χ1n) is 5.62. The number of anilines is 1. The van der Waals surface area contributed by atoms with E-state index in [0.717, 1.165) is 17.9 Å². The molecule has 1 fully saturated rings. The third-order valence-electron chi connectivity index (χ3n) is 2.59. The van der Waals surface area contributed by atoms with Crippen molar-refractivity contribution in [3.8, 4) is 0 Å².